The summed E-state index contributed by atoms with van der Waals surface area (Å²) in [6.07, 6.45) is 5.93. The smallest absolute Gasteiger partial charge is 0.407 e. The molecule has 820 valence electrons. The van der Waals surface area contributed by atoms with Gasteiger partial charge in [-0.25, -0.2) is 9.59 Å². The molecular weight excluding hydrogens is 1890 g/mol. The van der Waals surface area contributed by atoms with E-state index in [1.807, 2.05) is 11.8 Å². The number of amides is 11. The van der Waals surface area contributed by atoms with Crippen LogP contribution in [-0.4, -0.2) is 399 Å². The number of hydrogen-bond acceptors (Lipinski definition) is 36. The number of alkyl carbamates (subject to hydrolysis) is 2. The van der Waals surface area contributed by atoms with Crippen LogP contribution in [-0.2, 0) is 100 Å². The molecule has 0 aliphatic carbocycles. The Bertz CT molecular complexity index is 3310. The summed E-state index contributed by atoms with van der Waals surface area (Å²) in [5, 5.41) is 136. The molecule has 0 bridgehead atoms. The van der Waals surface area contributed by atoms with Crippen molar-refractivity contribution < 1.29 is 166 Å². The SMILES string of the molecule is CC(=O)NC1C(OCCCC(=O)NCCCCCCCC=O)OC(CO)C(O)C1O.CCOCCC(=O)NC(CCCO)(CCCOC(=O)NCCCCCCNC(=O)CCCOC1OC(CO)C(O)C(O)C1NC(C)=O)CCCOC(=O)NCCCCCCNC(=O)CCCOC1OC(CO)C(O)C(O)C1NC(C)=O.COC[C@H]1C[C@H](OC)CN1C(=O)CCCCNC(=O)CCCC(C)(C)SSCCO. The second kappa shape index (κ2) is 79.5. The van der Waals surface area contributed by atoms with Crippen LogP contribution < -0.4 is 53.2 Å². The third kappa shape index (κ3) is 59.1. The van der Waals surface area contributed by atoms with Crippen LogP contribution in [0.1, 0.15) is 260 Å². The van der Waals surface area contributed by atoms with Gasteiger partial charge in [0.05, 0.1) is 84.8 Å². The van der Waals surface area contributed by atoms with Crippen molar-refractivity contribution >= 4 is 93.2 Å². The van der Waals surface area contributed by atoms with E-state index in [2.05, 4.69) is 67.0 Å². The number of unbranched alkanes of at least 4 members (excludes halogenated alkanes) is 12. The van der Waals surface area contributed by atoms with Crippen molar-refractivity contribution in [2.45, 2.75) is 374 Å². The number of ether oxygens (including phenoxy) is 11. The Labute approximate surface area is 838 Å². The van der Waals surface area contributed by atoms with E-state index in [1.165, 1.54) is 20.8 Å². The fourth-order valence-corrected chi connectivity index (χ4v) is 18.4. The maximum atomic E-state index is 13.1. The predicted molar refractivity (Wildman–Crippen MR) is 522 cm³/mol. The molecule has 0 aromatic rings. The first-order chi connectivity index (χ1) is 67.6. The largest absolute Gasteiger partial charge is 0.450 e. The summed E-state index contributed by atoms with van der Waals surface area (Å²) in [7, 11) is 6.78. The average Bonchev–Trinajstić information content (AvgIpc) is 1.70. The normalized spacial score (nSPS) is 23.1. The molecular formula is C94H173N11O34S2. The van der Waals surface area contributed by atoms with Crippen molar-refractivity contribution in [1.82, 2.24) is 58.1 Å². The van der Waals surface area contributed by atoms with Crippen LogP contribution in [0.2, 0.25) is 0 Å². The second-order valence-electron chi connectivity index (χ2n) is 36.1. The van der Waals surface area contributed by atoms with E-state index in [1.54, 1.807) is 35.8 Å². The topological polar surface area (TPSA) is 652 Å². The van der Waals surface area contributed by atoms with Crippen molar-refractivity contribution in [3.63, 3.8) is 0 Å². The third-order valence-electron chi connectivity index (χ3n) is 23.6. The van der Waals surface area contributed by atoms with E-state index >= 15 is 0 Å². The number of rotatable bonds is 75. The van der Waals surface area contributed by atoms with Gasteiger partial charge < -0.3 is 171 Å². The molecule has 4 aliphatic rings. The van der Waals surface area contributed by atoms with Gasteiger partial charge in [-0.2, -0.15) is 0 Å². The second-order valence-corrected chi connectivity index (χ2v) is 39.2. The van der Waals surface area contributed by atoms with Gasteiger partial charge in [-0.1, -0.05) is 66.5 Å². The van der Waals surface area contributed by atoms with Crippen LogP contribution in [0.25, 0.3) is 0 Å². The summed E-state index contributed by atoms with van der Waals surface area (Å²) in [6, 6.07) is -3.01. The van der Waals surface area contributed by atoms with Crippen LogP contribution in [0.5, 0.6) is 0 Å². The molecule has 17 atom stereocenters. The van der Waals surface area contributed by atoms with E-state index in [-0.39, 0.29) is 131 Å². The highest BCUT2D eigenvalue weighted by Crippen LogP contribution is 2.39. The Morgan fingerprint density at radius 1 is 0.426 bits per heavy atom. The van der Waals surface area contributed by atoms with Gasteiger partial charge in [0.2, 0.25) is 53.2 Å². The van der Waals surface area contributed by atoms with E-state index in [9.17, 15) is 109 Å². The summed E-state index contributed by atoms with van der Waals surface area (Å²) >= 11 is 0. The molecule has 0 aromatic heterocycles. The van der Waals surface area contributed by atoms with Crippen molar-refractivity contribution in [2.24, 2.45) is 0 Å². The number of methoxy groups -OCH3 is 2. The number of aliphatic hydroxyl groups is 11. The van der Waals surface area contributed by atoms with Gasteiger partial charge in [0.25, 0.3) is 0 Å². The molecule has 45 nitrogen and oxygen atoms in total. The van der Waals surface area contributed by atoms with Crippen LogP contribution in [0.3, 0.4) is 0 Å². The van der Waals surface area contributed by atoms with Crippen molar-refractivity contribution in [2.75, 3.05) is 152 Å². The number of hydrogen-bond donors (Lipinski definition) is 21. The van der Waals surface area contributed by atoms with E-state index in [0.717, 1.165) is 115 Å². The van der Waals surface area contributed by atoms with E-state index in [4.69, 9.17) is 57.2 Å². The van der Waals surface area contributed by atoms with E-state index in [0.29, 0.717) is 149 Å². The predicted octanol–water partition coefficient (Wildman–Crippen LogP) is 1.13. The fraction of sp³-hybridized carbons (Fsp3) is 0.872. The first kappa shape index (κ1) is 130. The molecule has 141 heavy (non-hydrogen) atoms. The fourth-order valence-electron chi connectivity index (χ4n) is 16.0. The molecule has 11 amide bonds. The molecule has 4 aliphatic heterocycles. The van der Waals surface area contributed by atoms with Gasteiger partial charge in [-0.05, 0) is 149 Å². The summed E-state index contributed by atoms with van der Waals surface area (Å²) in [5.74, 6) is -1.09. The standard InChI is InChI=1S/C53H97N7O21.C21H40N2O5S2.C20H36N2O8/c1-4-75-33-20-42(68)60-53(21-15-28-61,22-16-31-78-51(73)56-26-11-7-5-9-24-54-40(66)18-13-29-76-49-43(58-36(2)64)47(71)45(69)38(34-62)80-49)23-17-32-79-52(74)57-27-12-8-6-10-25-55-41(67)19-14-30-77-50-44(59-37(3)65)48(72)46(70)39(35-63)81-50;1-21(2,30-29-13-12-24)10-7-8-19(25)22-11-6-5-9-20(26)23-15-18(28-4)14-17(23)16-27-3;1-14(25)22-17-19(28)18(27)15(13-24)30-20(17)29-12-8-9-16(26)21-10-6-4-2-3-5-7-11-23/h38-39,43-50,61-63,69-72H,4-35H2,1-3H3,(H,54,66)(H,55,67)(H,56,73)(H,57,74)(H,58,64)(H,59,65)(H,60,68);17-18,24H,5-16H2,1-4H3,(H,22,25);11,15,17-20,24,27-28H,2-10,12-13H2,1H3,(H,21,26)(H,22,25)/t;17-,18+;/m.1./s1. The minimum absolute atomic E-state index is 0.0639. The maximum absolute atomic E-state index is 13.1. The average molecular weight is 2070 g/mol. The Hall–Kier alpha value is -6.66. The van der Waals surface area contributed by atoms with Crippen LogP contribution in [0.15, 0.2) is 0 Å². The number of aliphatic hydroxyl groups excluding tert-OH is 11. The first-order valence-electron chi connectivity index (χ1n) is 50.2. The molecule has 0 aromatic carbocycles. The van der Waals surface area contributed by atoms with Gasteiger partial charge in [0.1, 0.15) is 79.3 Å². The highest BCUT2D eigenvalue weighted by Gasteiger charge is 2.49. The van der Waals surface area contributed by atoms with Crippen LogP contribution >= 0.6 is 21.6 Å². The maximum Gasteiger partial charge on any atom is 0.407 e. The minimum atomic E-state index is -1.42. The summed E-state index contributed by atoms with van der Waals surface area (Å²) in [4.78, 5) is 146. The number of nitrogens with zero attached hydrogens (tertiary/aromatic N) is 1. The lowest BCUT2D eigenvalue weighted by Gasteiger charge is -2.42. The Morgan fingerprint density at radius 3 is 1.18 bits per heavy atom. The lowest BCUT2D eigenvalue weighted by molar-refractivity contribution is -0.270. The summed E-state index contributed by atoms with van der Waals surface area (Å²) < 4.78 is 60.3. The number of aldehydes is 1. The summed E-state index contributed by atoms with van der Waals surface area (Å²) in [5.41, 5.74) is -0.772. The Balaban J connectivity index is 0.000000903. The molecule has 4 saturated heterocycles. The molecule has 0 saturated carbocycles. The zero-order valence-corrected chi connectivity index (χ0v) is 86.0. The minimum Gasteiger partial charge on any atom is -0.450 e. The lowest BCUT2D eigenvalue weighted by Crippen LogP contribution is -2.64. The third-order valence-corrected chi connectivity index (χ3v) is 26.9. The quantitative estimate of drug-likeness (QED) is 0.0230. The lowest BCUT2D eigenvalue weighted by atomic mass is 9.83. The monoisotopic (exact) mass is 2060 g/mol. The number of carbonyl (C=O) groups is 12. The van der Waals surface area contributed by atoms with Gasteiger partial charge in [-0.3, -0.25) is 43.2 Å². The molecule has 4 fully saturated rings. The first-order valence-corrected chi connectivity index (χ1v) is 52.5. The molecule has 47 heteroatoms. The number of likely N-dealkylation sites (tertiary alicyclic amines) is 1. The molecule has 4 rings (SSSR count). The van der Waals surface area contributed by atoms with Gasteiger partial charge in [0, 0.05) is 155 Å². The van der Waals surface area contributed by atoms with Crippen molar-refractivity contribution in [3.8, 4) is 0 Å². The Kier molecular flexibility index (Phi) is 73.6. The highest BCUT2D eigenvalue weighted by atomic mass is 33.1. The zero-order chi connectivity index (χ0) is 105. The summed E-state index contributed by atoms with van der Waals surface area (Å²) in [6.45, 7) is 13.6. The number of nitrogens with one attached hydrogen (secondary N) is 10. The van der Waals surface area contributed by atoms with E-state index < -0.39 is 147 Å². The van der Waals surface area contributed by atoms with Gasteiger partial charge in [0.15, 0.2) is 18.9 Å². The highest BCUT2D eigenvalue weighted by molar-refractivity contribution is 8.77. The number of carbonyl (C=O) groups excluding carboxylic acids is 12. The van der Waals surface area contributed by atoms with Crippen molar-refractivity contribution in [1.29, 1.82) is 0 Å². The van der Waals surface area contributed by atoms with Crippen molar-refractivity contribution in [3.05, 3.63) is 0 Å². The molecule has 0 radical (unpaired) electrons. The van der Waals surface area contributed by atoms with Gasteiger partial charge in [-0.15, -0.1) is 0 Å². The molecule has 0 spiro atoms. The Morgan fingerprint density at radius 2 is 0.809 bits per heavy atom. The van der Waals surface area contributed by atoms with Gasteiger partial charge >= 0.3 is 12.2 Å². The van der Waals surface area contributed by atoms with Crippen LogP contribution in [0, 0.1) is 0 Å². The molecule has 21 N–H and O–H groups in total. The molecule has 15 unspecified atom stereocenters. The van der Waals surface area contributed by atoms with Crippen LogP contribution in [0.4, 0.5) is 9.59 Å². The zero-order valence-electron chi connectivity index (χ0n) is 84.4. The molecule has 4 heterocycles.